The van der Waals surface area contributed by atoms with Crippen LogP contribution in [0.25, 0.3) is 16.3 Å². The number of hydrogen-bond donors (Lipinski definition) is 1. The van der Waals surface area contributed by atoms with E-state index < -0.39 is 0 Å². The average Bonchev–Trinajstić information content (AvgIpc) is 3.14. The molecular weight excluding hydrogens is 374 g/mol. The summed E-state index contributed by atoms with van der Waals surface area (Å²) in [7, 11) is 1.76. The van der Waals surface area contributed by atoms with E-state index in [1.54, 1.807) is 36.9 Å². The summed E-state index contributed by atoms with van der Waals surface area (Å²) in [5.74, 6) is 7.21. The van der Waals surface area contributed by atoms with Gasteiger partial charge in [-0.2, -0.15) is 4.91 Å². The number of rotatable bonds is 7. The number of nitrogens with zero attached hydrogens (tertiary/aromatic N) is 4. The molecule has 7 nitrogen and oxygen atoms in total. The van der Waals surface area contributed by atoms with Crippen molar-refractivity contribution in [1.29, 1.82) is 0 Å². The summed E-state index contributed by atoms with van der Waals surface area (Å²) in [6.07, 6.45) is 7.62. The van der Waals surface area contributed by atoms with Gasteiger partial charge in [0.05, 0.1) is 15.8 Å². The number of benzene rings is 1. The van der Waals surface area contributed by atoms with E-state index >= 15 is 0 Å². The minimum atomic E-state index is -0.325. The van der Waals surface area contributed by atoms with E-state index in [2.05, 4.69) is 37.3 Å². The van der Waals surface area contributed by atoms with Gasteiger partial charge in [0.15, 0.2) is 0 Å². The zero-order valence-electron chi connectivity index (χ0n) is 15.5. The average molecular weight is 393 g/mol. The van der Waals surface area contributed by atoms with Crippen LogP contribution in [0, 0.1) is 16.7 Å². The molecule has 142 valence electrons. The van der Waals surface area contributed by atoms with E-state index in [0.717, 1.165) is 20.8 Å². The summed E-state index contributed by atoms with van der Waals surface area (Å²) in [4.78, 5) is 23.4. The molecule has 0 saturated carbocycles. The standard InChI is InChI=1S/C20H19N5O2S/c1-3-15(25-26)13-27-16-8-9-17-18(10-16)28-19(24-17)7-5-4-6-14-11-22-20(21-2)23-12-14/h5,7-12,15H,3,13H2,1-2H3,(H,21,22,23)/b7-5+. The highest BCUT2D eigenvalue weighted by molar-refractivity contribution is 7.19. The fraction of sp³-hybridized carbons (Fsp3) is 0.250. The van der Waals surface area contributed by atoms with Gasteiger partial charge in [0.25, 0.3) is 0 Å². The lowest BCUT2D eigenvalue weighted by atomic mass is 10.2. The Kier molecular flexibility index (Phi) is 6.65. The molecule has 3 rings (SSSR count). The number of allylic oxidation sites excluding steroid dienone is 1. The summed E-state index contributed by atoms with van der Waals surface area (Å²) >= 11 is 1.54. The third-order valence-electron chi connectivity index (χ3n) is 3.84. The second kappa shape index (κ2) is 9.58. The Hall–Kier alpha value is -3.31. The Morgan fingerprint density at radius 2 is 2.18 bits per heavy atom. The van der Waals surface area contributed by atoms with Crippen molar-refractivity contribution in [1.82, 2.24) is 15.0 Å². The molecule has 0 saturated heterocycles. The Bertz CT molecular complexity index is 1030. The lowest BCUT2D eigenvalue weighted by Gasteiger charge is -2.08. The number of nitroso groups, excluding NO2 is 1. The molecule has 1 atom stereocenters. The number of hydrogen-bond acceptors (Lipinski definition) is 8. The zero-order valence-corrected chi connectivity index (χ0v) is 16.4. The summed E-state index contributed by atoms with van der Waals surface area (Å²) in [5.41, 5.74) is 1.63. The SMILES string of the molecule is CCC(COc1ccc2nc(/C=C/C#Cc3cnc(NC)nc3)sc2c1)N=O. The first kappa shape index (κ1) is 19.5. The number of ether oxygens (including phenoxy) is 1. The number of aromatic nitrogens is 3. The molecule has 1 aromatic carbocycles. The molecule has 2 aromatic heterocycles. The van der Waals surface area contributed by atoms with Gasteiger partial charge in [-0.1, -0.05) is 23.9 Å². The van der Waals surface area contributed by atoms with Gasteiger partial charge in [-0.05, 0) is 36.8 Å². The molecule has 0 spiro atoms. The topological polar surface area (TPSA) is 89.4 Å². The minimum absolute atomic E-state index is 0.283. The summed E-state index contributed by atoms with van der Waals surface area (Å²) in [6, 6.07) is 5.35. The third-order valence-corrected chi connectivity index (χ3v) is 4.82. The van der Waals surface area contributed by atoms with Crippen LogP contribution < -0.4 is 10.1 Å². The lowest BCUT2D eigenvalue weighted by Crippen LogP contribution is -2.13. The molecule has 0 aliphatic rings. The molecule has 0 aliphatic carbocycles. The largest absolute Gasteiger partial charge is 0.491 e. The zero-order chi connectivity index (χ0) is 19.8. The molecule has 28 heavy (non-hydrogen) atoms. The van der Waals surface area contributed by atoms with Crippen molar-refractivity contribution in [3.8, 4) is 17.6 Å². The van der Waals surface area contributed by atoms with Crippen molar-refractivity contribution in [3.63, 3.8) is 0 Å². The molecule has 2 heterocycles. The Morgan fingerprint density at radius 3 is 2.89 bits per heavy atom. The van der Waals surface area contributed by atoms with E-state index in [-0.39, 0.29) is 12.6 Å². The predicted molar refractivity (Wildman–Crippen MR) is 112 cm³/mol. The Balaban J connectivity index is 1.66. The van der Waals surface area contributed by atoms with Crippen LogP contribution in [0.15, 0.2) is 41.8 Å². The van der Waals surface area contributed by atoms with Crippen molar-refractivity contribution in [2.45, 2.75) is 19.4 Å². The Labute approximate surface area is 166 Å². The van der Waals surface area contributed by atoms with Crippen LogP contribution in [-0.4, -0.2) is 34.6 Å². The van der Waals surface area contributed by atoms with Crippen LogP contribution in [0.5, 0.6) is 5.75 Å². The number of nitrogens with one attached hydrogen (secondary N) is 1. The van der Waals surface area contributed by atoms with Gasteiger partial charge in [-0.15, -0.1) is 11.3 Å². The first-order chi connectivity index (χ1) is 13.7. The van der Waals surface area contributed by atoms with Gasteiger partial charge in [-0.3, -0.25) is 0 Å². The first-order valence-electron chi connectivity index (χ1n) is 8.75. The quantitative estimate of drug-likeness (QED) is 0.480. The molecule has 0 amide bonds. The maximum Gasteiger partial charge on any atom is 0.222 e. The second-order valence-electron chi connectivity index (χ2n) is 5.81. The molecule has 0 fully saturated rings. The van der Waals surface area contributed by atoms with Crippen LogP contribution >= 0.6 is 11.3 Å². The molecule has 8 heteroatoms. The fourth-order valence-electron chi connectivity index (χ4n) is 2.26. The summed E-state index contributed by atoms with van der Waals surface area (Å²) in [5, 5.41) is 6.75. The monoisotopic (exact) mass is 393 g/mol. The predicted octanol–water partition coefficient (Wildman–Crippen LogP) is 4.12. The number of thiazole rings is 1. The third kappa shape index (κ3) is 5.11. The highest BCUT2D eigenvalue weighted by Crippen LogP contribution is 2.27. The van der Waals surface area contributed by atoms with E-state index in [0.29, 0.717) is 18.1 Å². The maximum atomic E-state index is 10.7. The molecule has 0 aliphatic heterocycles. The van der Waals surface area contributed by atoms with Crippen LogP contribution in [-0.2, 0) is 0 Å². The van der Waals surface area contributed by atoms with Crippen LogP contribution in [0.1, 0.15) is 23.9 Å². The number of fused-ring (bicyclic) bond motifs is 1. The minimum Gasteiger partial charge on any atom is -0.491 e. The van der Waals surface area contributed by atoms with Crippen molar-refractivity contribution < 1.29 is 4.74 Å². The smallest absolute Gasteiger partial charge is 0.222 e. The van der Waals surface area contributed by atoms with Gasteiger partial charge in [-0.25, -0.2) is 15.0 Å². The molecular formula is C20H19N5O2S. The van der Waals surface area contributed by atoms with Gasteiger partial charge in [0.2, 0.25) is 5.95 Å². The normalized spacial score (nSPS) is 11.8. The van der Waals surface area contributed by atoms with E-state index in [1.165, 1.54) is 0 Å². The Morgan fingerprint density at radius 1 is 1.36 bits per heavy atom. The van der Waals surface area contributed by atoms with Crippen LogP contribution in [0.2, 0.25) is 0 Å². The van der Waals surface area contributed by atoms with E-state index in [9.17, 15) is 4.91 Å². The molecule has 1 unspecified atom stereocenters. The highest BCUT2D eigenvalue weighted by Gasteiger charge is 2.08. The van der Waals surface area contributed by atoms with Gasteiger partial charge >= 0.3 is 0 Å². The molecule has 3 aromatic rings. The van der Waals surface area contributed by atoms with Crippen molar-refractivity contribution in [3.05, 3.63) is 52.1 Å². The van der Waals surface area contributed by atoms with Crippen molar-refractivity contribution in [2.75, 3.05) is 19.0 Å². The van der Waals surface area contributed by atoms with Crippen molar-refractivity contribution in [2.24, 2.45) is 5.18 Å². The van der Waals surface area contributed by atoms with Gasteiger partial charge < -0.3 is 10.1 Å². The lowest BCUT2D eigenvalue weighted by molar-refractivity contribution is 0.286. The molecule has 1 N–H and O–H groups in total. The molecule has 0 radical (unpaired) electrons. The summed E-state index contributed by atoms with van der Waals surface area (Å²) < 4.78 is 6.67. The fourth-order valence-corrected chi connectivity index (χ4v) is 3.16. The maximum absolute atomic E-state index is 10.7. The van der Waals surface area contributed by atoms with Gasteiger partial charge in [0, 0.05) is 19.4 Å². The van der Waals surface area contributed by atoms with Crippen molar-refractivity contribution >= 4 is 33.6 Å². The second-order valence-corrected chi connectivity index (χ2v) is 6.87. The van der Waals surface area contributed by atoms with Crippen LogP contribution in [0.3, 0.4) is 0 Å². The summed E-state index contributed by atoms with van der Waals surface area (Å²) in [6.45, 7) is 2.19. The van der Waals surface area contributed by atoms with E-state index in [1.807, 2.05) is 31.2 Å². The van der Waals surface area contributed by atoms with Gasteiger partial charge in [0.1, 0.15) is 23.4 Å². The molecule has 0 bridgehead atoms. The highest BCUT2D eigenvalue weighted by atomic mass is 32.1. The first-order valence-corrected chi connectivity index (χ1v) is 9.57. The number of anilines is 1. The van der Waals surface area contributed by atoms with E-state index in [4.69, 9.17) is 4.74 Å². The van der Waals surface area contributed by atoms with Crippen LogP contribution in [0.4, 0.5) is 5.95 Å².